The van der Waals surface area contributed by atoms with Gasteiger partial charge in [-0.15, -0.1) is 0 Å². The summed E-state index contributed by atoms with van der Waals surface area (Å²) in [6, 6.07) is 3.66. The summed E-state index contributed by atoms with van der Waals surface area (Å²) in [6.07, 6.45) is 2.63. The third kappa shape index (κ3) is 5.49. The molecule has 7 heteroatoms. The van der Waals surface area contributed by atoms with Crippen molar-refractivity contribution in [2.75, 3.05) is 31.1 Å². The average molecular weight is 334 g/mol. The van der Waals surface area contributed by atoms with E-state index in [4.69, 9.17) is 4.74 Å². The van der Waals surface area contributed by atoms with Gasteiger partial charge in [-0.2, -0.15) is 0 Å². The Bertz CT molecular complexity index is 551. The summed E-state index contributed by atoms with van der Waals surface area (Å²) in [4.78, 5) is 29.4. The van der Waals surface area contributed by atoms with Crippen LogP contribution in [0.1, 0.15) is 37.6 Å². The lowest BCUT2D eigenvalue weighted by molar-refractivity contribution is -0.118. The second-order valence-corrected chi connectivity index (χ2v) is 6.16. The number of morpholine rings is 1. The zero-order valence-corrected chi connectivity index (χ0v) is 14.5. The molecule has 24 heavy (non-hydrogen) atoms. The Hall–Kier alpha value is -2.15. The minimum Gasteiger partial charge on any atom is -0.372 e. The number of hydrogen-bond acceptors (Lipinski definition) is 5. The molecule has 1 aliphatic heterocycles. The maximum absolute atomic E-state index is 12.1. The lowest BCUT2D eigenvalue weighted by Gasteiger charge is -2.36. The van der Waals surface area contributed by atoms with Crippen molar-refractivity contribution in [1.29, 1.82) is 0 Å². The molecule has 2 amide bonds. The first-order valence-corrected chi connectivity index (χ1v) is 8.35. The highest BCUT2D eigenvalue weighted by molar-refractivity contribution is 5.94. The molecule has 0 aromatic carbocycles. The summed E-state index contributed by atoms with van der Waals surface area (Å²) in [5.41, 5.74) is 0.535. The number of carbonyl (C=O) groups is 2. The Kier molecular flexibility index (Phi) is 6.54. The molecule has 0 radical (unpaired) electrons. The molecule has 0 bridgehead atoms. The fraction of sp³-hybridized carbons (Fsp3) is 0.588. The number of nitrogens with one attached hydrogen (secondary N) is 2. The van der Waals surface area contributed by atoms with E-state index in [2.05, 4.69) is 20.5 Å². The molecule has 2 rings (SSSR count). The largest absolute Gasteiger partial charge is 0.372 e. The predicted molar refractivity (Wildman–Crippen MR) is 92.1 cm³/mol. The van der Waals surface area contributed by atoms with Crippen LogP contribution in [0.5, 0.6) is 0 Å². The molecule has 7 nitrogen and oxygen atoms in total. The van der Waals surface area contributed by atoms with Gasteiger partial charge in [0.2, 0.25) is 5.91 Å². The van der Waals surface area contributed by atoms with Crippen molar-refractivity contribution in [1.82, 2.24) is 15.6 Å². The van der Waals surface area contributed by atoms with Crippen LogP contribution in [0.25, 0.3) is 0 Å². The molecule has 132 valence electrons. The Morgan fingerprint density at radius 2 is 1.88 bits per heavy atom. The summed E-state index contributed by atoms with van der Waals surface area (Å²) in [5, 5.41) is 5.51. The SMILES string of the molecule is CC(=O)NCCCNC(=O)c1ccc(N2CC(C)OC(C)C2)nc1. The Morgan fingerprint density at radius 3 is 2.46 bits per heavy atom. The van der Waals surface area contributed by atoms with Crippen LogP contribution < -0.4 is 15.5 Å². The van der Waals surface area contributed by atoms with Gasteiger partial charge in [-0.25, -0.2) is 4.98 Å². The highest BCUT2D eigenvalue weighted by atomic mass is 16.5. The number of carbonyl (C=O) groups excluding carboxylic acids is 2. The van der Waals surface area contributed by atoms with Crippen molar-refractivity contribution in [3.63, 3.8) is 0 Å². The lowest BCUT2D eigenvalue weighted by Crippen LogP contribution is -2.45. The molecular weight excluding hydrogens is 308 g/mol. The van der Waals surface area contributed by atoms with Crippen molar-refractivity contribution >= 4 is 17.6 Å². The second kappa shape index (κ2) is 8.63. The van der Waals surface area contributed by atoms with Crippen molar-refractivity contribution in [2.45, 2.75) is 39.4 Å². The summed E-state index contributed by atoms with van der Waals surface area (Å²) in [7, 11) is 0. The molecule has 0 aliphatic carbocycles. The van der Waals surface area contributed by atoms with E-state index in [1.807, 2.05) is 19.9 Å². The summed E-state index contributed by atoms with van der Waals surface area (Å²) in [6.45, 7) is 8.23. The Morgan fingerprint density at radius 1 is 1.21 bits per heavy atom. The average Bonchev–Trinajstić information content (AvgIpc) is 2.53. The van der Waals surface area contributed by atoms with Gasteiger partial charge < -0.3 is 20.3 Å². The highest BCUT2D eigenvalue weighted by Crippen LogP contribution is 2.18. The third-order valence-electron chi connectivity index (χ3n) is 3.77. The van der Waals surface area contributed by atoms with Crippen molar-refractivity contribution in [3.05, 3.63) is 23.9 Å². The highest BCUT2D eigenvalue weighted by Gasteiger charge is 2.23. The van der Waals surface area contributed by atoms with Crippen molar-refractivity contribution < 1.29 is 14.3 Å². The zero-order chi connectivity index (χ0) is 17.5. The number of amides is 2. The van der Waals surface area contributed by atoms with Gasteiger partial charge in [0.1, 0.15) is 5.82 Å². The maximum Gasteiger partial charge on any atom is 0.252 e. The minimum atomic E-state index is -0.152. The van der Waals surface area contributed by atoms with Gasteiger partial charge in [0.05, 0.1) is 17.8 Å². The topological polar surface area (TPSA) is 83.6 Å². The van der Waals surface area contributed by atoms with Crippen LogP contribution in [0.15, 0.2) is 18.3 Å². The van der Waals surface area contributed by atoms with Gasteiger partial charge >= 0.3 is 0 Å². The van der Waals surface area contributed by atoms with Crippen LogP contribution in [0, 0.1) is 0 Å². The monoisotopic (exact) mass is 334 g/mol. The molecule has 0 spiro atoms. The van der Waals surface area contributed by atoms with Gasteiger partial charge in [-0.3, -0.25) is 9.59 Å². The fourth-order valence-corrected chi connectivity index (χ4v) is 2.73. The summed E-state index contributed by atoms with van der Waals surface area (Å²) >= 11 is 0. The predicted octanol–water partition coefficient (Wildman–Crippen LogP) is 0.951. The summed E-state index contributed by atoms with van der Waals surface area (Å²) < 4.78 is 5.72. The van der Waals surface area contributed by atoms with Crippen LogP contribution in [0.3, 0.4) is 0 Å². The van der Waals surface area contributed by atoms with Gasteiger partial charge in [0.25, 0.3) is 5.91 Å². The zero-order valence-electron chi connectivity index (χ0n) is 14.5. The van der Waals surface area contributed by atoms with E-state index in [0.29, 0.717) is 25.1 Å². The first kappa shape index (κ1) is 18.2. The smallest absolute Gasteiger partial charge is 0.252 e. The fourth-order valence-electron chi connectivity index (χ4n) is 2.73. The van der Waals surface area contributed by atoms with E-state index >= 15 is 0 Å². The normalized spacial score (nSPS) is 20.5. The van der Waals surface area contributed by atoms with Crippen molar-refractivity contribution in [3.8, 4) is 0 Å². The van der Waals surface area contributed by atoms with Gasteiger partial charge in [-0.05, 0) is 32.4 Å². The quantitative estimate of drug-likeness (QED) is 0.757. The standard InChI is InChI=1S/C17H26N4O3/c1-12-10-21(11-13(2)24-12)16-6-5-15(9-20-16)17(23)19-8-4-7-18-14(3)22/h5-6,9,12-13H,4,7-8,10-11H2,1-3H3,(H,18,22)(H,19,23). The molecule has 2 N–H and O–H groups in total. The van der Waals surface area contributed by atoms with Gasteiger partial charge in [-0.1, -0.05) is 0 Å². The van der Waals surface area contributed by atoms with Crippen LogP contribution in [-0.2, 0) is 9.53 Å². The first-order valence-electron chi connectivity index (χ1n) is 8.35. The molecule has 1 aromatic rings. The van der Waals surface area contributed by atoms with Crippen LogP contribution in [0.2, 0.25) is 0 Å². The van der Waals surface area contributed by atoms with Crippen LogP contribution in [0.4, 0.5) is 5.82 Å². The second-order valence-electron chi connectivity index (χ2n) is 6.16. The summed E-state index contributed by atoms with van der Waals surface area (Å²) in [5.74, 6) is 0.646. The molecule has 2 unspecified atom stereocenters. The van der Waals surface area contributed by atoms with Crippen LogP contribution in [-0.4, -0.2) is 55.2 Å². The molecule has 2 heterocycles. The van der Waals surface area contributed by atoms with E-state index in [1.165, 1.54) is 6.92 Å². The Labute approximate surface area is 142 Å². The number of anilines is 1. The van der Waals surface area contributed by atoms with E-state index in [9.17, 15) is 9.59 Å². The molecule has 1 aliphatic rings. The van der Waals surface area contributed by atoms with Gasteiger partial charge in [0, 0.05) is 39.3 Å². The molecule has 1 fully saturated rings. The van der Waals surface area contributed by atoms with Gasteiger partial charge in [0.15, 0.2) is 0 Å². The molecular formula is C17H26N4O3. The lowest BCUT2D eigenvalue weighted by atomic mass is 10.2. The molecule has 1 aromatic heterocycles. The molecule has 0 saturated carbocycles. The van der Waals surface area contributed by atoms with E-state index in [1.54, 1.807) is 12.3 Å². The number of hydrogen-bond donors (Lipinski definition) is 2. The van der Waals surface area contributed by atoms with E-state index in [0.717, 1.165) is 18.9 Å². The molecule has 2 atom stereocenters. The number of aromatic nitrogens is 1. The third-order valence-corrected chi connectivity index (χ3v) is 3.77. The minimum absolute atomic E-state index is 0.0622. The maximum atomic E-state index is 12.1. The molecule has 1 saturated heterocycles. The number of ether oxygens (including phenoxy) is 1. The van der Waals surface area contributed by atoms with Crippen molar-refractivity contribution in [2.24, 2.45) is 0 Å². The first-order chi connectivity index (χ1) is 11.5. The Balaban J connectivity index is 1.82. The number of pyridine rings is 1. The van der Waals surface area contributed by atoms with Crippen LogP contribution >= 0.6 is 0 Å². The number of rotatable bonds is 6. The van der Waals surface area contributed by atoms with E-state index in [-0.39, 0.29) is 24.0 Å². The number of nitrogens with zero attached hydrogens (tertiary/aromatic N) is 2. The van der Waals surface area contributed by atoms with E-state index < -0.39 is 0 Å².